The zero-order valence-corrected chi connectivity index (χ0v) is 19.2. The molecule has 2 N–H and O–H groups in total. The molecule has 1 aliphatic carbocycles. The Hall–Kier alpha value is -2.87. The number of amides is 2. The summed E-state index contributed by atoms with van der Waals surface area (Å²) in [5.74, 6) is -0.427. The average molecular weight is 474 g/mol. The smallest absolute Gasteiger partial charge is 0.349 e. The van der Waals surface area contributed by atoms with Crippen molar-refractivity contribution in [2.75, 3.05) is 19.6 Å². The minimum absolute atomic E-state index is 0.0347. The van der Waals surface area contributed by atoms with Crippen LogP contribution in [0, 0.1) is 6.92 Å². The number of hydrogen-bond donors (Lipinski definition) is 2. The molecule has 1 aliphatic heterocycles. The van der Waals surface area contributed by atoms with E-state index in [1.165, 1.54) is 36.1 Å². The van der Waals surface area contributed by atoms with E-state index >= 15 is 0 Å². The predicted octanol–water partition coefficient (Wildman–Crippen LogP) is 4.27. The fraction of sp³-hybridized carbons (Fsp3) is 0.462. The fourth-order valence-corrected chi connectivity index (χ4v) is 4.98. The SMILES string of the molecule is Cc1cccc(C2CCC(N3CC(NC(=O)CNC(=O)c4cccc(C(F)(F)F)c4)C3)CC2)c1. The van der Waals surface area contributed by atoms with Gasteiger partial charge in [0.05, 0.1) is 18.2 Å². The molecule has 0 unspecified atom stereocenters. The molecule has 8 heteroatoms. The first-order valence-corrected chi connectivity index (χ1v) is 11.7. The van der Waals surface area contributed by atoms with Gasteiger partial charge in [-0.1, -0.05) is 35.9 Å². The van der Waals surface area contributed by atoms with E-state index in [4.69, 9.17) is 0 Å². The van der Waals surface area contributed by atoms with Crippen molar-refractivity contribution < 1.29 is 22.8 Å². The van der Waals surface area contributed by atoms with E-state index in [2.05, 4.69) is 46.7 Å². The van der Waals surface area contributed by atoms with Gasteiger partial charge in [-0.15, -0.1) is 0 Å². The van der Waals surface area contributed by atoms with Gasteiger partial charge in [-0.25, -0.2) is 0 Å². The Labute approximate surface area is 197 Å². The highest BCUT2D eigenvalue weighted by Crippen LogP contribution is 2.36. The van der Waals surface area contributed by atoms with Crippen molar-refractivity contribution in [3.8, 4) is 0 Å². The fourth-order valence-electron chi connectivity index (χ4n) is 4.98. The number of halogens is 3. The van der Waals surface area contributed by atoms with E-state index in [0.29, 0.717) is 12.0 Å². The summed E-state index contributed by atoms with van der Waals surface area (Å²) >= 11 is 0. The summed E-state index contributed by atoms with van der Waals surface area (Å²) in [7, 11) is 0. The van der Waals surface area contributed by atoms with Crippen LogP contribution in [0.3, 0.4) is 0 Å². The molecule has 182 valence electrons. The van der Waals surface area contributed by atoms with E-state index < -0.39 is 17.6 Å². The van der Waals surface area contributed by atoms with Gasteiger partial charge in [0.1, 0.15) is 0 Å². The lowest BCUT2D eigenvalue weighted by Crippen LogP contribution is -2.63. The summed E-state index contributed by atoms with van der Waals surface area (Å²) < 4.78 is 38.4. The Morgan fingerprint density at radius 3 is 2.38 bits per heavy atom. The maximum atomic E-state index is 12.8. The third kappa shape index (κ3) is 5.97. The Balaban J connectivity index is 1.16. The van der Waals surface area contributed by atoms with Gasteiger partial charge in [-0.3, -0.25) is 14.5 Å². The number of alkyl halides is 3. The van der Waals surface area contributed by atoms with Gasteiger partial charge >= 0.3 is 6.18 Å². The van der Waals surface area contributed by atoms with Crippen LogP contribution >= 0.6 is 0 Å². The molecule has 2 amide bonds. The normalized spacial score (nSPS) is 21.5. The minimum Gasteiger partial charge on any atom is -0.349 e. The summed E-state index contributed by atoms with van der Waals surface area (Å²) in [5.41, 5.74) is 1.71. The molecular formula is C26H30F3N3O2. The zero-order chi connectivity index (χ0) is 24.3. The number of nitrogens with one attached hydrogen (secondary N) is 2. The third-order valence-corrected chi connectivity index (χ3v) is 6.86. The molecule has 0 aromatic heterocycles. The van der Waals surface area contributed by atoms with Crippen LogP contribution < -0.4 is 10.6 Å². The Morgan fingerprint density at radius 2 is 1.71 bits per heavy atom. The summed E-state index contributed by atoms with van der Waals surface area (Å²) in [6.07, 6.45) is 0.106. The van der Waals surface area contributed by atoms with Crippen LogP contribution in [-0.4, -0.2) is 48.4 Å². The lowest BCUT2D eigenvalue weighted by molar-refractivity contribution is -0.137. The first-order chi connectivity index (χ1) is 16.2. The first-order valence-electron chi connectivity index (χ1n) is 11.7. The summed E-state index contributed by atoms with van der Waals surface area (Å²) in [5, 5.41) is 5.29. The van der Waals surface area contributed by atoms with Gasteiger partial charge in [0, 0.05) is 24.7 Å². The largest absolute Gasteiger partial charge is 0.416 e. The zero-order valence-electron chi connectivity index (χ0n) is 19.2. The molecule has 34 heavy (non-hydrogen) atoms. The molecule has 1 heterocycles. The number of carbonyl (C=O) groups is 2. The monoisotopic (exact) mass is 473 g/mol. The van der Waals surface area contributed by atoms with Crippen molar-refractivity contribution in [1.82, 2.24) is 15.5 Å². The van der Waals surface area contributed by atoms with E-state index in [1.54, 1.807) is 0 Å². The highest BCUT2D eigenvalue weighted by molar-refractivity contribution is 5.96. The summed E-state index contributed by atoms with van der Waals surface area (Å²) in [4.78, 5) is 26.7. The van der Waals surface area contributed by atoms with Gasteiger partial charge in [-0.05, 0) is 62.3 Å². The van der Waals surface area contributed by atoms with Gasteiger partial charge in [-0.2, -0.15) is 13.2 Å². The van der Waals surface area contributed by atoms with Crippen molar-refractivity contribution >= 4 is 11.8 Å². The third-order valence-electron chi connectivity index (χ3n) is 6.86. The molecule has 5 nitrogen and oxygen atoms in total. The molecule has 2 fully saturated rings. The number of nitrogens with zero attached hydrogens (tertiary/aromatic N) is 1. The molecule has 1 saturated carbocycles. The van der Waals surface area contributed by atoms with Crippen LogP contribution in [-0.2, 0) is 11.0 Å². The Kier molecular flexibility index (Phi) is 7.26. The Morgan fingerprint density at radius 1 is 1.00 bits per heavy atom. The molecule has 0 radical (unpaired) electrons. The van der Waals surface area contributed by atoms with Crippen molar-refractivity contribution in [3.05, 3.63) is 70.8 Å². The molecule has 2 aromatic rings. The molecule has 0 atom stereocenters. The molecule has 2 aromatic carbocycles. The maximum Gasteiger partial charge on any atom is 0.416 e. The van der Waals surface area contributed by atoms with E-state index in [9.17, 15) is 22.8 Å². The van der Waals surface area contributed by atoms with Crippen LogP contribution in [0.2, 0.25) is 0 Å². The molecule has 2 aliphatic rings. The molecule has 0 spiro atoms. The van der Waals surface area contributed by atoms with E-state index in [-0.39, 0.29) is 24.1 Å². The highest BCUT2D eigenvalue weighted by Gasteiger charge is 2.35. The lowest BCUT2D eigenvalue weighted by atomic mass is 9.80. The van der Waals surface area contributed by atoms with E-state index in [1.807, 2.05) is 0 Å². The minimum atomic E-state index is -4.52. The van der Waals surface area contributed by atoms with Crippen molar-refractivity contribution in [2.45, 2.75) is 56.8 Å². The number of rotatable bonds is 6. The second kappa shape index (κ2) is 10.2. The number of benzene rings is 2. The van der Waals surface area contributed by atoms with Crippen molar-refractivity contribution in [3.63, 3.8) is 0 Å². The van der Waals surface area contributed by atoms with Crippen molar-refractivity contribution in [2.24, 2.45) is 0 Å². The number of carbonyl (C=O) groups excluding carboxylic acids is 2. The molecule has 0 bridgehead atoms. The van der Waals surface area contributed by atoms with Crippen LogP contribution in [0.15, 0.2) is 48.5 Å². The highest BCUT2D eigenvalue weighted by atomic mass is 19.4. The van der Waals surface area contributed by atoms with E-state index in [0.717, 1.165) is 38.1 Å². The van der Waals surface area contributed by atoms with Gasteiger partial charge in [0.15, 0.2) is 0 Å². The van der Waals surface area contributed by atoms with Crippen LogP contribution in [0.25, 0.3) is 0 Å². The standard InChI is InChI=1S/C26H30F3N3O2/c1-17-4-2-5-19(12-17)18-8-10-23(11-9-18)32-15-22(16-32)31-24(33)14-30-25(34)20-6-3-7-21(13-20)26(27,28)29/h2-7,12-13,18,22-23H,8-11,14-16H2,1H3,(H,30,34)(H,31,33). The van der Waals surface area contributed by atoms with Crippen LogP contribution in [0.5, 0.6) is 0 Å². The predicted molar refractivity (Wildman–Crippen MR) is 123 cm³/mol. The molecule has 4 rings (SSSR count). The second-order valence-electron chi connectivity index (χ2n) is 9.40. The lowest BCUT2D eigenvalue weighted by Gasteiger charge is -2.46. The van der Waals surface area contributed by atoms with Gasteiger partial charge in [0.2, 0.25) is 5.91 Å². The topological polar surface area (TPSA) is 61.4 Å². The average Bonchev–Trinajstić information content (AvgIpc) is 2.79. The summed E-state index contributed by atoms with van der Waals surface area (Å²) in [6.45, 7) is 3.42. The van der Waals surface area contributed by atoms with Gasteiger partial charge < -0.3 is 10.6 Å². The number of hydrogen-bond acceptors (Lipinski definition) is 3. The quantitative estimate of drug-likeness (QED) is 0.659. The van der Waals surface area contributed by atoms with Crippen molar-refractivity contribution in [1.29, 1.82) is 0 Å². The Bertz CT molecular complexity index is 1030. The summed E-state index contributed by atoms with van der Waals surface area (Å²) in [6, 6.07) is 13.5. The maximum absolute atomic E-state index is 12.8. The molecular weight excluding hydrogens is 443 g/mol. The number of likely N-dealkylation sites (tertiary alicyclic amines) is 1. The molecule has 1 saturated heterocycles. The van der Waals surface area contributed by atoms with Gasteiger partial charge in [0.25, 0.3) is 5.91 Å². The number of aryl methyl sites for hydroxylation is 1. The first kappa shape index (κ1) is 24.3. The second-order valence-corrected chi connectivity index (χ2v) is 9.40. The van der Waals surface area contributed by atoms with Crippen LogP contribution in [0.1, 0.15) is 58.6 Å². The van der Waals surface area contributed by atoms with Crippen LogP contribution in [0.4, 0.5) is 13.2 Å².